The predicted molar refractivity (Wildman–Crippen MR) is 52.2 cm³/mol. The summed E-state index contributed by atoms with van der Waals surface area (Å²) >= 11 is 0. The Kier molecular flexibility index (Phi) is 2.10. The van der Waals surface area contributed by atoms with Gasteiger partial charge >= 0.3 is 5.82 Å². The van der Waals surface area contributed by atoms with Crippen LogP contribution >= 0.6 is 0 Å². The molecule has 1 aromatic carbocycles. The summed E-state index contributed by atoms with van der Waals surface area (Å²) in [5.74, 6) is 0.0764. The molecule has 1 N–H and O–H groups in total. The second kappa shape index (κ2) is 3.41. The highest BCUT2D eigenvalue weighted by Crippen LogP contribution is 2.25. The molecule has 72 valence electrons. The minimum atomic E-state index is -0.701. The zero-order valence-corrected chi connectivity index (χ0v) is 7.61. The van der Waals surface area contributed by atoms with E-state index in [2.05, 4.69) is 5.32 Å². The fraction of sp³-hybridized carbons (Fsp3) is 0.100. The smallest absolute Gasteiger partial charge is 0.388 e. The number of rotatable bonds is 2. The van der Waals surface area contributed by atoms with Crippen molar-refractivity contribution in [3.63, 3.8) is 0 Å². The molecule has 0 bridgehead atoms. The van der Waals surface area contributed by atoms with Crippen LogP contribution in [0.3, 0.4) is 0 Å². The molecule has 0 fully saturated rings. The first-order valence-corrected chi connectivity index (χ1v) is 4.18. The van der Waals surface area contributed by atoms with Crippen LogP contribution in [0.15, 0.2) is 44.0 Å². The van der Waals surface area contributed by atoms with Gasteiger partial charge in [0.25, 0.3) is 0 Å². The lowest BCUT2D eigenvalue weighted by atomic mass is 10.2. The molecule has 0 unspecified atom stereocenters. The Morgan fingerprint density at radius 3 is 2.50 bits per heavy atom. The van der Waals surface area contributed by atoms with Gasteiger partial charge in [0, 0.05) is 12.6 Å². The SMILES string of the molecule is CNc1oc(=O)oc1-c1ccccc1. The van der Waals surface area contributed by atoms with Crippen molar-refractivity contribution in [1.82, 2.24) is 0 Å². The minimum absolute atomic E-state index is 0.348. The normalized spacial score (nSPS) is 10.1. The van der Waals surface area contributed by atoms with Crippen LogP contribution in [0.2, 0.25) is 0 Å². The predicted octanol–water partition coefficient (Wildman–Crippen LogP) is 1.94. The summed E-state index contributed by atoms with van der Waals surface area (Å²) in [6.45, 7) is 0. The zero-order chi connectivity index (χ0) is 9.97. The maximum Gasteiger partial charge on any atom is 0.521 e. The third kappa shape index (κ3) is 1.42. The molecule has 0 saturated heterocycles. The standard InChI is InChI=1S/C10H9NO3/c1-11-9-8(13-10(12)14-9)7-5-3-2-4-6-7/h2-6,11H,1H3. The van der Waals surface area contributed by atoms with Gasteiger partial charge in [-0.25, -0.2) is 4.79 Å². The van der Waals surface area contributed by atoms with Crippen molar-refractivity contribution in [2.75, 3.05) is 12.4 Å². The molecule has 14 heavy (non-hydrogen) atoms. The van der Waals surface area contributed by atoms with Crippen molar-refractivity contribution in [2.24, 2.45) is 0 Å². The van der Waals surface area contributed by atoms with Crippen LogP contribution in [0.1, 0.15) is 0 Å². The van der Waals surface area contributed by atoms with Crippen LogP contribution in [-0.4, -0.2) is 7.05 Å². The first-order valence-electron chi connectivity index (χ1n) is 4.18. The van der Waals surface area contributed by atoms with Crippen LogP contribution in [0.4, 0.5) is 5.88 Å². The van der Waals surface area contributed by atoms with E-state index >= 15 is 0 Å². The third-order valence-corrected chi connectivity index (χ3v) is 1.84. The van der Waals surface area contributed by atoms with Crippen molar-refractivity contribution in [2.45, 2.75) is 0 Å². The Morgan fingerprint density at radius 1 is 1.14 bits per heavy atom. The fourth-order valence-corrected chi connectivity index (χ4v) is 1.22. The van der Waals surface area contributed by atoms with Gasteiger partial charge in [0.15, 0.2) is 0 Å². The van der Waals surface area contributed by atoms with Crippen LogP contribution in [0.25, 0.3) is 11.3 Å². The second-order valence-electron chi connectivity index (χ2n) is 2.73. The van der Waals surface area contributed by atoms with E-state index in [1.807, 2.05) is 30.3 Å². The molecule has 1 aromatic heterocycles. The van der Waals surface area contributed by atoms with E-state index in [0.717, 1.165) is 5.56 Å². The van der Waals surface area contributed by atoms with Crippen molar-refractivity contribution < 1.29 is 8.83 Å². The van der Waals surface area contributed by atoms with Gasteiger partial charge in [0.2, 0.25) is 11.6 Å². The first kappa shape index (κ1) is 8.62. The van der Waals surface area contributed by atoms with Crippen molar-refractivity contribution >= 4 is 5.88 Å². The number of hydrogen-bond donors (Lipinski definition) is 1. The lowest BCUT2D eigenvalue weighted by Crippen LogP contribution is -1.88. The average Bonchev–Trinajstić information content (AvgIpc) is 2.61. The topological polar surface area (TPSA) is 55.4 Å². The Labute approximate surface area is 80.2 Å². The zero-order valence-electron chi connectivity index (χ0n) is 7.61. The molecule has 0 aliphatic heterocycles. The van der Waals surface area contributed by atoms with Gasteiger partial charge in [-0.1, -0.05) is 30.3 Å². The van der Waals surface area contributed by atoms with Crippen molar-refractivity contribution in [3.8, 4) is 11.3 Å². The number of nitrogens with one attached hydrogen (secondary N) is 1. The van der Waals surface area contributed by atoms with Gasteiger partial charge < -0.3 is 14.2 Å². The maximum atomic E-state index is 10.9. The van der Waals surface area contributed by atoms with Gasteiger partial charge in [-0.05, 0) is 0 Å². The summed E-state index contributed by atoms with van der Waals surface area (Å²) in [6, 6.07) is 9.30. The van der Waals surface area contributed by atoms with E-state index < -0.39 is 5.82 Å². The quantitative estimate of drug-likeness (QED) is 0.788. The van der Waals surface area contributed by atoms with Crippen LogP contribution in [0, 0.1) is 0 Å². The van der Waals surface area contributed by atoms with E-state index in [0.29, 0.717) is 11.6 Å². The van der Waals surface area contributed by atoms with E-state index in [-0.39, 0.29) is 0 Å². The van der Waals surface area contributed by atoms with E-state index in [1.54, 1.807) is 7.05 Å². The highest BCUT2D eigenvalue weighted by molar-refractivity contribution is 5.67. The summed E-state index contributed by atoms with van der Waals surface area (Å²) in [5.41, 5.74) is 0.808. The monoisotopic (exact) mass is 191 g/mol. The van der Waals surface area contributed by atoms with E-state index in [4.69, 9.17) is 8.83 Å². The maximum absolute atomic E-state index is 10.9. The summed E-state index contributed by atoms with van der Waals surface area (Å²) in [6.07, 6.45) is 0. The lowest BCUT2D eigenvalue weighted by molar-refractivity contribution is 0.394. The second-order valence-corrected chi connectivity index (χ2v) is 2.73. The number of anilines is 1. The van der Waals surface area contributed by atoms with Crippen molar-refractivity contribution in [1.29, 1.82) is 0 Å². The van der Waals surface area contributed by atoms with Crippen LogP contribution in [-0.2, 0) is 0 Å². The van der Waals surface area contributed by atoms with Gasteiger partial charge in [-0.15, -0.1) is 0 Å². The first-order chi connectivity index (χ1) is 6.81. The van der Waals surface area contributed by atoms with E-state index in [9.17, 15) is 4.79 Å². The van der Waals surface area contributed by atoms with Gasteiger partial charge in [0.05, 0.1) is 0 Å². The number of benzene rings is 1. The van der Waals surface area contributed by atoms with Gasteiger partial charge in [0.1, 0.15) is 0 Å². The fourth-order valence-electron chi connectivity index (χ4n) is 1.22. The highest BCUT2D eigenvalue weighted by Gasteiger charge is 2.12. The Balaban J connectivity index is 2.56. The largest absolute Gasteiger partial charge is 0.521 e. The Bertz CT molecular complexity index is 470. The summed E-state index contributed by atoms with van der Waals surface area (Å²) < 4.78 is 9.69. The highest BCUT2D eigenvalue weighted by atomic mass is 16.6. The Morgan fingerprint density at radius 2 is 1.86 bits per heavy atom. The molecule has 0 saturated carbocycles. The molecule has 0 atom stereocenters. The van der Waals surface area contributed by atoms with Gasteiger partial charge in [-0.2, -0.15) is 0 Å². The number of hydrogen-bond acceptors (Lipinski definition) is 4. The summed E-state index contributed by atoms with van der Waals surface area (Å²) in [5, 5.41) is 2.75. The van der Waals surface area contributed by atoms with E-state index in [1.165, 1.54) is 0 Å². The van der Waals surface area contributed by atoms with Crippen LogP contribution in [0.5, 0.6) is 0 Å². The van der Waals surface area contributed by atoms with Gasteiger partial charge in [-0.3, -0.25) is 0 Å². The average molecular weight is 191 g/mol. The summed E-state index contributed by atoms with van der Waals surface area (Å²) in [7, 11) is 1.67. The molecule has 0 aliphatic rings. The summed E-state index contributed by atoms with van der Waals surface area (Å²) in [4.78, 5) is 10.9. The molecule has 2 aromatic rings. The lowest BCUT2D eigenvalue weighted by Gasteiger charge is -1.96. The Hall–Kier alpha value is -1.97. The van der Waals surface area contributed by atoms with Crippen molar-refractivity contribution in [3.05, 3.63) is 40.9 Å². The molecule has 0 aliphatic carbocycles. The molecule has 0 radical (unpaired) electrons. The molecular formula is C10H9NO3. The van der Waals surface area contributed by atoms with Crippen LogP contribution < -0.4 is 11.1 Å². The molecule has 2 rings (SSSR count). The molecule has 4 nitrogen and oxygen atoms in total. The molecular weight excluding hydrogens is 182 g/mol. The third-order valence-electron chi connectivity index (χ3n) is 1.84. The molecule has 0 amide bonds. The molecule has 1 heterocycles. The molecule has 4 heteroatoms. The molecule has 0 spiro atoms. The minimum Gasteiger partial charge on any atom is -0.388 e.